The Morgan fingerprint density at radius 1 is 0.839 bits per heavy atom. The minimum atomic E-state index is 0.509. The number of hydrogen-bond acceptors (Lipinski definition) is 5. The normalized spacial score (nSPS) is 10.8. The number of para-hydroxylation sites is 1. The zero-order chi connectivity index (χ0) is 21.8. The molecule has 31 heavy (non-hydrogen) atoms. The van der Waals surface area contributed by atoms with Gasteiger partial charge in [0, 0.05) is 23.4 Å². The Labute approximate surface area is 186 Å². The van der Waals surface area contributed by atoms with Gasteiger partial charge in [0.15, 0.2) is 16.6 Å². The molecule has 0 aliphatic rings. The van der Waals surface area contributed by atoms with Gasteiger partial charge in [-0.25, -0.2) is 0 Å². The lowest BCUT2D eigenvalue weighted by atomic mass is 10.1. The lowest BCUT2D eigenvalue weighted by Crippen LogP contribution is -2.30. The summed E-state index contributed by atoms with van der Waals surface area (Å²) in [7, 11) is 4.90. The lowest BCUT2D eigenvalue weighted by molar-refractivity contribution is 0.354. The number of hydrogen-bond donors (Lipinski definition) is 2. The minimum absolute atomic E-state index is 0.509. The van der Waals surface area contributed by atoms with Gasteiger partial charge in [0.2, 0.25) is 0 Å². The largest absolute Gasteiger partial charge is 0.495 e. The first-order valence-electron chi connectivity index (χ1n) is 9.88. The van der Waals surface area contributed by atoms with Gasteiger partial charge in [-0.05, 0) is 48.5 Å². The third-order valence-corrected chi connectivity index (χ3v) is 5.34. The smallest absolute Gasteiger partial charge is 0.170 e. The molecule has 0 bridgehead atoms. The van der Waals surface area contributed by atoms with Gasteiger partial charge in [-0.2, -0.15) is 0 Å². The van der Waals surface area contributed by atoms with Crippen LogP contribution >= 0.6 is 12.2 Å². The van der Waals surface area contributed by atoms with Gasteiger partial charge in [-0.3, -0.25) is 0 Å². The zero-order valence-corrected chi connectivity index (χ0v) is 18.5. The van der Waals surface area contributed by atoms with E-state index >= 15 is 0 Å². The van der Waals surface area contributed by atoms with E-state index in [1.54, 1.807) is 21.3 Å². The molecule has 0 amide bonds. The van der Waals surface area contributed by atoms with Crippen molar-refractivity contribution < 1.29 is 18.6 Å². The van der Waals surface area contributed by atoms with Crippen LogP contribution in [0.2, 0.25) is 0 Å². The highest BCUT2D eigenvalue weighted by Crippen LogP contribution is 2.36. The van der Waals surface area contributed by atoms with E-state index < -0.39 is 0 Å². The van der Waals surface area contributed by atoms with Crippen molar-refractivity contribution in [3.05, 3.63) is 60.2 Å². The number of methoxy groups -OCH3 is 3. The molecule has 0 saturated carbocycles. The Morgan fingerprint density at radius 2 is 1.61 bits per heavy atom. The average Bonchev–Trinajstić information content (AvgIpc) is 3.15. The molecule has 1 aromatic heterocycles. The fourth-order valence-corrected chi connectivity index (χ4v) is 3.75. The van der Waals surface area contributed by atoms with E-state index in [1.165, 1.54) is 0 Å². The van der Waals surface area contributed by atoms with Crippen LogP contribution in [0.15, 0.2) is 59.0 Å². The molecule has 160 valence electrons. The summed E-state index contributed by atoms with van der Waals surface area (Å²) in [5, 5.41) is 9.02. The topological polar surface area (TPSA) is 64.9 Å². The average molecular weight is 437 g/mol. The number of thiocarbonyl (C=S) groups is 1. The zero-order valence-electron chi connectivity index (χ0n) is 17.7. The molecule has 3 aromatic carbocycles. The number of fused-ring (bicyclic) bond motifs is 3. The Hall–Kier alpha value is -3.45. The van der Waals surface area contributed by atoms with Crippen LogP contribution in [0.1, 0.15) is 5.56 Å². The van der Waals surface area contributed by atoms with Crippen molar-refractivity contribution >= 4 is 45.0 Å². The quantitative estimate of drug-likeness (QED) is 0.389. The molecule has 0 spiro atoms. The van der Waals surface area contributed by atoms with Gasteiger partial charge >= 0.3 is 0 Å². The number of furan rings is 1. The second-order valence-corrected chi connectivity index (χ2v) is 7.38. The molecule has 0 aliphatic heterocycles. The van der Waals surface area contributed by atoms with Crippen molar-refractivity contribution in [2.24, 2.45) is 0 Å². The molecule has 0 aliphatic carbocycles. The van der Waals surface area contributed by atoms with Crippen molar-refractivity contribution in [1.29, 1.82) is 0 Å². The second kappa shape index (κ2) is 9.14. The van der Waals surface area contributed by atoms with Gasteiger partial charge in [0.25, 0.3) is 0 Å². The van der Waals surface area contributed by atoms with Gasteiger partial charge in [-0.15, -0.1) is 0 Å². The van der Waals surface area contributed by atoms with Gasteiger partial charge in [0.05, 0.1) is 27.0 Å². The predicted octanol–water partition coefficient (Wildman–Crippen LogP) is 5.14. The molecular formula is C24H24N2O4S. The third kappa shape index (κ3) is 4.36. The molecule has 2 N–H and O–H groups in total. The van der Waals surface area contributed by atoms with Crippen LogP contribution in [0.5, 0.6) is 17.2 Å². The van der Waals surface area contributed by atoms with E-state index in [2.05, 4.69) is 10.6 Å². The molecule has 4 aromatic rings. The summed E-state index contributed by atoms with van der Waals surface area (Å²) >= 11 is 5.48. The Morgan fingerprint density at radius 3 is 2.39 bits per heavy atom. The van der Waals surface area contributed by atoms with E-state index in [1.807, 2.05) is 54.6 Å². The highest BCUT2D eigenvalue weighted by Gasteiger charge is 2.13. The Bertz CT molecular complexity index is 1240. The first kappa shape index (κ1) is 20.8. The van der Waals surface area contributed by atoms with Crippen molar-refractivity contribution in [2.45, 2.75) is 6.42 Å². The molecule has 1 heterocycles. The van der Waals surface area contributed by atoms with E-state index in [0.717, 1.165) is 39.6 Å². The fourth-order valence-electron chi connectivity index (χ4n) is 3.54. The molecule has 4 rings (SSSR count). The Kier molecular flexibility index (Phi) is 6.13. The number of rotatable bonds is 7. The van der Waals surface area contributed by atoms with Crippen LogP contribution < -0.4 is 24.8 Å². The van der Waals surface area contributed by atoms with Gasteiger partial charge in [0.1, 0.15) is 16.9 Å². The van der Waals surface area contributed by atoms with E-state index in [4.69, 9.17) is 30.8 Å². The fraction of sp³-hybridized carbons (Fsp3) is 0.208. The third-order valence-electron chi connectivity index (χ3n) is 5.09. The summed E-state index contributed by atoms with van der Waals surface area (Å²) in [6, 6.07) is 17.7. The molecule has 0 saturated heterocycles. The van der Waals surface area contributed by atoms with Gasteiger partial charge in [-0.1, -0.05) is 24.3 Å². The summed E-state index contributed by atoms with van der Waals surface area (Å²) in [5.41, 5.74) is 3.48. The SMILES string of the molecule is COc1cc2c(cc1NC(=S)NCCc1ccc(OC)c(OC)c1)oc1ccccc12. The van der Waals surface area contributed by atoms with Crippen LogP contribution in [-0.4, -0.2) is 33.0 Å². The van der Waals surface area contributed by atoms with E-state index in [0.29, 0.717) is 28.9 Å². The Balaban J connectivity index is 1.44. The maximum atomic E-state index is 5.97. The van der Waals surface area contributed by atoms with Crippen molar-refractivity contribution in [2.75, 3.05) is 33.2 Å². The molecule has 0 atom stereocenters. The second-order valence-electron chi connectivity index (χ2n) is 6.97. The number of nitrogens with one attached hydrogen (secondary N) is 2. The van der Waals surface area contributed by atoms with Crippen LogP contribution in [0.4, 0.5) is 5.69 Å². The van der Waals surface area contributed by atoms with Crippen molar-refractivity contribution in [1.82, 2.24) is 5.32 Å². The van der Waals surface area contributed by atoms with Crippen molar-refractivity contribution in [3.8, 4) is 17.2 Å². The molecular weight excluding hydrogens is 412 g/mol. The summed E-state index contributed by atoms with van der Waals surface area (Å²) in [5.74, 6) is 2.12. The maximum Gasteiger partial charge on any atom is 0.170 e. The molecule has 6 nitrogen and oxygen atoms in total. The predicted molar refractivity (Wildman–Crippen MR) is 128 cm³/mol. The summed E-state index contributed by atoms with van der Waals surface area (Å²) < 4.78 is 22.2. The first-order valence-corrected chi connectivity index (χ1v) is 10.3. The molecule has 0 fully saturated rings. The van der Waals surface area contributed by atoms with E-state index in [9.17, 15) is 0 Å². The standard InChI is InChI=1S/C24H24N2O4S/c1-27-20-9-8-15(12-23(20)29-3)10-11-25-24(31)26-18-14-21-17(13-22(18)28-2)16-6-4-5-7-19(16)30-21/h4-9,12-14H,10-11H2,1-3H3,(H2,25,26,31). The number of benzene rings is 3. The molecule has 0 unspecified atom stereocenters. The number of ether oxygens (including phenoxy) is 3. The summed E-state index contributed by atoms with van der Waals surface area (Å²) in [6.45, 7) is 0.663. The van der Waals surface area contributed by atoms with Crippen LogP contribution in [0, 0.1) is 0 Å². The highest BCUT2D eigenvalue weighted by atomic mass is 32.1. The monoisotopic (exact) mass is 436 g/mol. The molecule has 7 heteroatoms. The lowest BCUT2D eigenvalue weighted by Gasteiger charge is -2.14. The van der Waals surface area contributed by atoms with E-state index in [-0.39, 0.29) is 0 Å². The van der Waals surface area contributed by atoms with Gasteiger partial charge < -0.3 is 29.3 Å². The van der Waals surface area contributed by atoms with Crippen LogP contribution in [0.3, 0.4) is 0 Å². The summed E-state index contributed by atoms with van der Waals surface area (Å²) in [4.78, 5) is 0. The molecule has 0 radical (unpaired) electrons. The van der Waals surface area contributed by atoms with Crippen LogP contribution in [0.25, 0.3) is 21.9 Å². The number of anilines is 1. The first-order chi connectivity index (χ1) is 15.1. The maximum absolute atomic E-state index is 5.97. The van der Waals surface area contributed by atoms with Crippen molar-refractivity contribution in [3.63, 3.8) is 0 Å². The highest BCUT2D eigenvalue weighted by molar-refractivity contribution is 7.80. The minimum Gasteiger partial charge on any atom is -0.495 e. The summed E-state index contributed by atoms with van der Waals surface area (Å²) in [6.07, 6.45) is 0.780. The van der Waals surface area contributed by atoms with Crippen LogP contribution in [-0.2, 0) is 6.42 Å².